The Balaban J connectivity index is 0.000000364. The van der Waals surface area contributed by atoms with Crippen LogP contribution in [0.15, 0.2) is 0 Å². The average molecular weight is 395 g/mol. The Morgan fingerprint density at radius 1 is 0.667 bits per heavy atom. The van der Waals surface area contributed by atoms with Crippen molar-refractivity contribution in [1.29, 1.82) is 0 Å². The molecule has 0 aromatic rings. The van der Waals surface area contributed by atoms with Gasteiger partial charge in [-0.05, 0) is 24.7 Å². The van der Waals surface area contributed by atoms with Gasteiger partial charge in [0.15, 0.2) is 0 Å². The van der Waals surface area contributed by atoms with E-state index in [2.05, 4.69) is 0 Å². The second-order valence-electron chi connectivity index (χ2n) is 6.16. The molecule has 5 heteroatoms. The maximum Gasteiger partial charge on any atom is 2.00 e. The van der Waals surface area contributed by atoms with Gasteiger partial charge in [-0.1, -0.05) is 64.2 Å². The monoisotopic (exact) mass is 396 g/mol. The Bertz CT molecular complexity index is 265. The Labute approximate surface area is 147 Å². The first kappa shape index (κ1) is 20.9. The number of carbonyl (C=O) groups is 2. The smallest absolute Gasteiger partial charge is 0.550 e. The van der Waals surface area contributed by atoms with Crippen molar-refractivity contribution < 1.29 is 47.1 Å². The normalized spacial score (nSPS) is 19.8. The van der Waals surface area contributed by atoms with E-state index in [-0.39, 0.29) is 40.1 Å². The molecule has 2 fully saturated rings. The average Bonchev–Trinajstić information content (AvgIpc) is 2.40. The zero-order chi connectivity index (χ0) is 14.8. The summed E-state index contributed by atoms with van der Waals surface area (Å²) >= 11 is 0. The van der Waals surface area contributed by atoms with Crippen LogP contribution in [-0.4, -0.2) is 11.9 Å². The van der Waals surface area contributed by atoms with Crippen molar-refractivity contribution in [2.45, 2.75) is 77.0 Å². The van der Waals surface area contributed by atoms with Gasteiger partial charge < -0.3 is 19.8 Å². The molecule has 0 aromatic carbocycles. The molecule has 2 aliphatic rings. The fraction of sp³-hybridized carbons (Fsp3) is 0.875. The molecule has 0 bridgehead atoms. The van der Waals surface area contributed by atoms with Crippen molar-refractivity contribution in [3.8, 4) is 0 Å². The predicted octanol–water partition coefficient (Wildman–Crippen LogP) is 1.41. The molecule has 0 aromatic heterocycles. The van der Waals surface area contributed by atoms with Crippen LogP contribution < -0.4 is 10.2 Å². The van der Waals surface area contributed by atoms with Crippen molar-refractivity contribution in [2.75, 3.05) is 0 Å². The van der Waals surface area contributed by atoms with Crippen molar-refractivity contribution >= 4 is 11.9 Å². The van der Waals surface area contributed by atoms with E-state index in [1.54, 1.807) is 0 Å². The summed E-state index contributed by atoms with van der Waals surface area (Å²) in [5.41, 5.74) is 0. The third kappa shape index (κ3) is 11.1. The van der Waals surface area contributed by atoms with Gasteiger partial charge in [0.25, 0.3) is 0 Å². The Kier molecular flexibility index (Phi) is 12.3. The molecule has 0 saturated heterocycles. The van der Waals surface area contributed by atoms with E-state index < -0.39 is 11.9 Å². The summed E-state index contributed by atoms with van der Waals surface area (Å²) in [6.07, 6.45) is 12.3. The number of hydrogen-bond donors (Lipinski definition) is 0. The van der Waals surface area contributed by atoms with Crippen LogP contribution in [0, 0.1) is 11.8 Å². The molecule has 116 valence electrons. The zero-order valence-corrected chi connectivity index (χ0v) is 17.0. The Morgan fingerprint density at radius 3 is 1.19 bits per heavy atom. The first-order chi connectivity index (χ1) is 9.58. The summed E-state index contributed by atoms with van der Waals surface area (Å²) in [4.78, 5) is 20.3. The summed E-state index contributed by atoms with van der Waals surface area (Å²) in [5.74, 6) is -0.934. The molecule has 0 radical (unpaired) electrons. The van der Waals surface area contributed by atoms with Crippen LogP contribution in [0.1, 0.15) is 77.0 Å². The minimum Gasteiger partial charge on any atom is -0.550 e. The molecule has 0 atom stereocenters. The Morgan fingerprint density at radius 2 is 0.952 bits per heavy atom. The molecule has 21 heavy (non-hydrogen) atoms. The topological polar surface area (TPSA) is 80.3 Å². The predicted molar refractivity (Wildman–Crippen MR) is 72.4 cm³/mol. The summed E-state index contributed by atoms with van der Waals surface area (Å²) in [7, 11) is 0. The van der Waals surface area contributed by atoms with Gasteiger partial charge in [-0.2, -0.15) is 0 Å². The molecule has 2 saturated carbocycles. The quantitative estimate of drug-likeness (QED) is 0.675. The molecule has 0 aliphatic heterocycles. The van der Waals surface area contributed by atoms with Crippen LogP contribution >= 0.6 is 0 Å². The van der Waals surface area contributed by atoms with E-state index in [1.165, 1.54) is 38.5 Å². The first-order valence-corrected chi connectivity index (χ1v) is 7.97. The first-order valence-electron chi connectivity index (χ1n) is 7.97. The van der Waals surface area contributed by atoms with Crippen molar-refractivity contribution in [3.05, 3.63) is 0 Å². The fourth-order valence-electron chi connectivity index (χ4n) is 3.25. The standard InChI is InChI=1S/2C8H14O2.Cd/c2*9-8(10)6-7-4-2-1-3-5-7;/h2*7H,1-6H2,(H,9,10);/q;;+2/p-2. The minimum absolute atomic E-state index is 0. The largest absolute Gasteiger partial charge is 2.00 e. The summed E-state index contributed by atoms with van der Waals surface area (Å²) in [6, 6.07) is 0. The molecule has 0 N–H and O–H groups in total. The second kappa shape index (κ2) is 12.4. The summed E-state index contributed by atoms with van der Waals surface area (Å²) in [5, 5.41) is 20.3. The van der Waals surface area contributed by atoms with E-state index in [4.69, 9.17) is 0 Å². The van der Waals surface area contributed by atoms with Crippen LogP contribution in [-0.2, 0) is 36.9 Å². The van der Waals surface area contributed by atoms with Crippen molar-refractivity contribution in [3.63, 3.8) is 0 Å². The van der Waals surface area contributed by atoms with Gasteiger partial charge in [-0.25, -0.2) is 0 Å². The maximum absolute atomic E-state index is 10.2. The van der Waals surface area contributed by atoms with E-state index in [0.717, 1.165) is 25.7 Å². The maximum atomic E-state index is 10.2. The van der Waals surface area contributed by atoms with Crippen LogP contribution in [0.5, 0.6) is 0 Å². The molecule has 0 heterocycles. The molecule has 2 rings (SSSR count). The van der Waals surface area contributed by atoms with Gasteiger partial charge >= 0.3 is 27.3 Å². The van der Waals surface area contributed by atoms with Gasteiger partial charge in [-0.3, -0.25) is 0 Å². The second-order valence-corrected chi connectivity index (χ2v) is 6.16. The van der Waals surface area contributed by atoms with Gasteiger partial charge in [0, 0.05) is 11.9 Å². The number of carbonyl (C=O) groups excluding carboxylic acids is 2. The summed E-state index contributed by atoms with van der Waals surface area (Å²) < 4.78 is 0. The molecular weight excluding hydrogens is 369 g/mol. The van der Waals surface area contributed by atoms with E-state index >= 15 is 0 Å². The molecule has 4 nitrogen and oxygen atoms in total. The summed E-state index contributed by atoms with van der Waals surface area (Å²) in [6.45, 7) is 0. The van der Waals surface area contributed by atoms with Crippen molar-refractivity contribution in [1.82, 2.24) is 0 Å². The van der Waals surface area contributed by atoms with Gasteiger partial charge in [-0.15, -0.1) is 0 Å². The van der Waals surface area contributed by atoms with E-state index in [0.29, 0.717) is 11.8 Å². The van der Waals surface area contributed by atoms with Crippen molar-refractivity contribution in [2.24, 2.45) is 11.8 Å². The van der Waals surface area contributed by atoms with Crippen LogP contribution in [0.3, 0.4) is 0 Å². The number of hydrogen-bond acceptors (Lipinski definition) is 4. The Hall–Kier alpha value is -0.138. The van der Waals surface area contributed by atoms with Gasteiger partial charge in [0.2, 0.25) is 0 Å². The van der Waals surface area contributed by atoms with Gasteiger partial charge in [0.05, 0.1) is 0 Å². The van der Waals surface area contributed by atoms with Crippen LogP contribution in [0.4, 0.5) is 0 Å². The molecule has 2 aliphatic carbocycles. The third-order valence-corrected chi connectivity index (χ3v) is 4.36. The number of rotatable bonds is 4. The van der Waals surface area contributed by atoms with E-state index in [9.17, 15) is 19.8 Å². The van der Waals surface area contributed by atoms with Crippen LogP contribution in [0.25, 0.3) is 0 Å². The third-order valence-electron chi connectivity index (χ3n) is 4.36. The number of carboxylic acid groups (broad SMARTS) is 2. The SMILES string of the molecule is O=C([O-])CC1CCCCC1.O=C([O-])CC1CCCCC1.[Cd+2]. The molecule has 0 unspecified atom stereocenters. The number of carboxylic acids is 2. The molecular formula is C16H26CdO4. The minimum atomic E-state index is -0.882. The number of aliphatic carboxylic acids is 2. The van der Waals surface area contributed by atoms with Gasteiger partial charge in [0.1, 0.15) is 0 Å². The molecule has 0 amide bonds. The fourth-order valence-corrected chi connectivity index (χ4v) is 3.25. The zero-order valence-electron chi connectivity index (χ0n) is 13.0. The van der Waals surface area contributed by atoms with E-state index in [1.807, 2.05) is 0 Å². The molecule has 0 spiro atoms. The van der Waals surface area contributed by atoms with Crippen LogP contribution in [0.2, 0.25) is 0 Å².